The van der Waals surface area contributed by atoms with Crippen LogP contribution in [0.5, 0.6) is 5.75 Å². The summed E-state index contributed by atoms with van der Waals surface area (Å²) in [5, 5.41) is 15.5. The molecule has 2 atom stereocenters. The molecule has 0 spiro atoms. The molecular formula is C22H25BrN2O6S. The zero-order valence-corrected chi connectivity index (χ0v) is 19.6. The average molecular weight is 525 g/mol. The molecule has 4 N–H and O–H groups in total. The van der Waals surface area contributed by atoms with Gasteiger partial charge < -0.3 is 15.1 Å². The van der Waals surface area contributed by atoms with Gasteiger partial charge in [0.2, 0.25) is 0 Å². The number of hydrogen-bond acceptors (Lipinski definition) is 7. The number of carboxylic acids is 1. The molecule has 0 bridgehead atoms. The number of rotatable bonds is 7. The maximum absolute atomic E-state index is 13.1. The van der Waals surface area contributed by atoms with Gasteiger partial charge >= 0.3 is 5.97 Å². The summed E-state index contributed by atoms with van der Waals surface area (Å²) in [5.74, 6) is 5.33. The van der Waals surface area contributed by atoms with Crippen LogP contribution in [0.15, 0.2) is 57.9 Å². The highest BCUT2D eigenvalue weighted by Crippen LogP contribution is 2.30. The van der Waals surface area contributed by atoms with Crippen LogP contribution in [0.4, 0.5) is 0 Å². The molecule has 3 rings (SSSR count). The summed E-state index contributed by atoms with van der Waals surface area (Å²) in [5.41, 5.74) is 0.980. The van der Waals surface area contributed by atoms with Gasteiger partial charge in [0.15, 0.2) is 9.84 Å². The van der Waals surface area contributed by atoms with E-state index in [4.69, 9.17) is 16.4 Å². The first-order valence-electron chi connectivity index (χ1n) is 9.68. The second-order valence-electron chi connectivity index (χ2n) is 7.11. The smallest absolute Gasteiger partial charge is 0.320 e. The number of carboxylic acid groups (broad SMARTS) is 1. The lowest BCUT2D eigenvalue weighted by Gasteiger charge is -2.36. The van der Waals surface area contributed by atoms with E-state index in [2.05, 4.69) is 27.7 Å². The number of ether oxygens (including phenoxy) is 1. The molecule has 0 aromatic heterocycles. The molecule has 32 heavy (non-hydrogen) atoms. The molecule has 1 fully saturated rings. The Balaban J connectivity index is 0.00000176. The Morgan fingerprint density at radius 1 is 1.19 bits per heavy atom. The molecule has 1 saturated heterocycles. The first-order valence-corrected chi connectivity index (χ1v) is 12.0. The van der Waals surface area contributed by atoms with Gasteiger partial charge in [-0.25, -0.2) is 14.3 Å². The van der Waals surface area contributed by atoms with Gasteiger partial charge in [-0.1, -0.05) is 34.0 Å². The molecule has 1 aliphatic rings. The number of hydrogen-bond donors (Lipinski definition) is 3. The summed E-state index contributed by atoms with van der Waals surface area (Å²) in [6.45, 7) is 0.946. The normalized spacial score (nSPS) is 18.7. The zero-order valence-electron chi connectivity index (χ0n) is 17.2. The highest BCUT2D eigenvalue weighted by Gasteiger charge is 2.39. The lowest BCUT2D eigenvalue weighted by molar-refractivity contribution is -0.144. The Kier molecular flexibility index (Phi) is 9.68. The molecule has 8 nitrogen and oxygen atoms in total. The van der Waals surface area contributed by atoms with E-state index < -0.39 is 27.1 Å². The number of likely N-dealkylation sites (tertiary alicyclic amines) is 1. The van der Waals surface area contributed by atoms with Crippen molar-refractivity contribution in [2.75, 3.05) is 13.2 Å². The fourth-order valence-electron chi connectivity index (χ4n) is 3.58. The van der Waals surface area contributed by atoms with Crippen LogP contribution in [0.25, 0.3) is 0 Å². The van der Waals surface area contributed by atoms with Crippen molar-refractivity contribution in [1.82, 2.24) is 4.90 Å². The maximum Gasteiger partial charge on any atom is 0.320 e. The van der Waals surface area contributed by atoms with Crippen LogP contribution in [-0.2, 0) is 21.2 Å². The molecule has 2 aromatic carbocycles. The molecule has 10 heteroatoms. The Morgan fingerprint density at radius 3 is 2.38 bits per heavy atom. The van der Waals surface area contributed by atoms with E-state index in [1.807, 2.05) is 29.2 Å². The topological polar surface area (TPSA) is 130 Å². The summed E-state index contributed by atoms with van der Waals surface area (Å²) in [4.78, 5) is 13.9. The van der Waals surface area contributed by atoms with Crippen LogP contribution in [-0.4, -0.2) is 54.0 Å². The predicted molar refractivity (Wildman–Crippen MR) is 123 cm³/mol. The van der Waals surface area contributed by atoms with Gasteiger partial charge in [0.25, 0.3) is 0 Å². The van der Waals surface area contributed by atoms with Crippen molar-refractivity contribution in [3.05, 3.63) is 58.6 Å². The van der Waals surface area contributed by atoms with E-state index in [9.17, 15) is 18.3 Å². The van der Waals surface area contributed by atoms with Gasteiger partial charge in [0, 0.05) is 17.6 Å². The molecule has 0 amide bonds. The number of nitrogens with two attached hydrogens (primary N) is 1. The molecule has 1 heterocycles. The Labute approximate surface area is 196 Å². The highest BCUT2D eigenvalue weighted by molar-refractivity contribution is 9.10. The summed E-state index contributed by atoms with van der Waals surface area (Å²) in [6.07, 6.45) is 5.57. The van der Waals surface area contributed by atoms with Crippen molar-refractivity contribution in [3.63, 3.8) is 0 Å². The van der Waals surface area contributed by atoms with Crippen molar-refractivity contribution in [2.24, 2.45) is 5.90 Å². The van der Waals surface area contributed by atoms with Crippen molar-refractivity contribution >= 4 is 31.7 Å². The minimum atomic E-state index is -3.66. The molecule has 0 saturated carbocycles. The number of benzene rings is 2. The standard InChI is InChI=1S/C22H22BrNO5S.H3NO/c1-2-13-29-18-7-9-19(10-8-18)30(27,28)20-11-12-24(21(14-20)22(25)26)15-16-3-5-17(23)6-4-16;1-2/h1,3-10,20-21H,11-15H2,(H,25,26);2H,1H2. The summed E-state index contributed by atoms with van der Waals surface area (Å²) in [6, 6.07) is 12.9. The number of sulfone groups is 1. The van der Waals surface area contributed by atoms with Crippen LogP contribution in [0.2, 0.25) is 0 Å². The first kappa shape index (κ1) is 25.8. The van der Waals surface area contributed by atoms with Gasteiger partial charge in [-0.15, -0.1) is 6.42 Å². The molecule has 2 aromatic rings. The van der Waals surface area contributed by atoms with E-state index in [0.717, 1.165) is 10.0 Å². The lowest BCUT2D eigenvalue weighted by atomic mass is 10.0. The van der Waals surface area contributed by atoms with Crippen LogP contribution in [0.3, 0.4) is 0 Å². The van der Waals surface area contributed by atoms with Crippen molar-refractivity contribution in [2.45, 2.75) is 35.6 Å². The van der Waals surface area contributed by atoms with Crippen LogP contribution in [0, 0.1) is 12.3 Å². The summed E-state index contributed by atoms with van der Waals surface area (Å²) in [7, 11) is -3.66. The lowest BCUT2D eigenvalue weighted by Crippen LogP contribution is -2.49. The minimum absolute atomic E-state index is 0.0452. The van der Waals surface area contributed by atoms with E-state index >= 15 is 0 Å². The minimum Gasteiger partial charge on any atom is -0.481 e. The van der Waals surface area contributed by atoms with E-state index in [-0.39, 0.29) is 17.9 Å². The number of terminal acetylenes is 1. The van der Waals surface area contributed by atoms with Crippen LogP contribution < -0.4 is 10.6 Å². The number of nitrogens with zero attached hydrogens (tertiary/aromatic N) is 1. The van der Waals surface area contributed by atoms with Crippen molar-refractivity contribution < 1.29 is 28.3 Å². The third-order valence-corrected chi connectivity index (χ3v) is 7.93. The van der Waals surface area contributed by atoms with Crippen LogP contribution >= 0.6 is 15.9 Å². The van der Waals surface area contributed by atoms with E-state index in [1.54, 1.807) is 12.1 Å². The van der Waals surface area contributed by atoms with Gasteiger partial charge in [-0.05, 0) is 54.8 Å². The fraction of sp³-hybridized carbons (Fsp3) is 0.318. The van der Waals surface area contributed by atoms with Gasteiger partial charge in [0.1, 0.15) is 18.4 Å². The van der Waals surface area contributed by atoms with Crippen molar-refractivity contribution in [1.29, 1.82) is 0 Å². The van der Waals surface area contributed by atoms with E-state index in [0.29, 0.717) is 25.3 Å². The number of aliphatic carboxylic acids is 1. The third kappa shape index (κ3) is 6.54. The highest BCUT2D eigenvalue weighted by atomic mass is 79.9. The van der Waals surface area contributed by atoms with E-state index in [1.165, 1.54) is 12.1 Å². The predicted octanol–water partition coefficient (Wildman–Crippen LogP) is 2.69. The van der Waals surface area contributed by atoms with Gasteiger partial charge in [0.05, 0.1) is 10.1 Å². The third-order valence-electron chi connectivity index (χ3n) is 5.16. The number of piperidine rings is 1. The Morgan fingerprint density at radius 2 is 1.81 bits per heavy atom. The van der Waals surface area contributed by atoms with Gasteiger partial charge in [-0.2, -0.15) is 0 Å². The molecule has 0 aliphatic carbocycles. The van der Waals surface area contributed by atoms with Crippen LogP contribution in [0.1, 0.15) is 18.4 Å². The molecule has 0 radical (unpaired) electrons. The molecule has 172 valence electrons. The second kappa shape index (κ2) is 12.0. The largest absolute Gasteiger partial charge is 0.481 e. The molecule has 1 aliphatic heterocycles. The SMILES string of the molecule is C#CCOc1ccc(S(=O)(=O)C2CCN(Cc3ccc(Br)cc3)C(C(=O)O)C2)cc1.NO. The van der Waals surface area contributed by atoms with Crippen molar-refractivity contribution in [3.8, 4) is 18.1 Å². The number of halogens is 1. The maximum atomic E-state index is 13.1. The monoisotopic (exact) mass is 524 g/mol. The zero-order chi connectivity index (χ0) is 23.7. The quantitative estimate of drug-likeness (QED) is 0.372. The summed E-state index contributed by atoms with van der Waals surface area (Å²) < 4.78 is 32.4. The first-order chi connectivity index (χ1) is 15.3. The Bertz CT molecular complexity index is 1040. The second-order valence-corrected chi connectivity index (χ2v) is 10.3. The molecular weight excluding hydrogens is 500 g/mol. The summed E-state index contributed by atoms with van der Waals surface area (Å²) >= 11 is 3.38. The number of carbonyl (C=O) groups is 1. The average Bonchev–Trinajstić information content (AvgIpc) is 2.80. The Hall–Kier alpha value is -2.42. The fourth-order valence-corrected chi connectivity index (χ4v) is 5.59. The molecule has 2 unspecified atom stereocenters. The van der Waals surface area contributed by atoms with Gasteiger partial charge in [-0.3, -0.25) is 9.69 Å².